The Bertz CT molecular complexity index is 176. The van der Waals surface area contributed by atoms with Crippen LogP contribution in [0, 0.1) is 23.7 Å². The quantitative estimate of drug-likeness (QED) is 0.612. The molecule has 0 radical (unpaired) electrons. The largest absolute Gasteiger partial charge is 0.247 e. The van der Waals surface area contributed by atoms with Gasteiger partial charge >= 0.3 is 0 Å². The molecule has 0 spiro atoms. The molecule has 0 nitrogen and oxygen atoms in total. The van der Waals surface area contributed by atoms with Crippen LogP contribution in [0.3, 0.4) is 0 Å². The Morgan fingerprint density at radius 1 is 1.15 bits per heavy atom. The van der Waals surface area contributed by atoms with E-state index in [1.807, 2.05) is 0 Å². The molecule has 0 N–H and O–H groups in total. The van der Waals surface area contributed by atoms with Gasteiger partial charge in [0.1, 0.15) is 6.17 Å². The van der Waals surface area contributed by atoms with Gasteiger partial charge in [-0.15, -0.1) is 0 Å². The first-order chi connectivity index (χ1) is 6.16. The van der Waals surface area contributed by atoms with Gasteiger partial charge in [-0.1, -0.05) is 13.8 Å². The standard InChI is InChI=1S/C12H21F/c1-8(2)5-11-6-10-4-3-9(11)7-12(10)13/h8-12H,3-7H2,1-2H3. The highest BCUT2D eigenvalue weighted by Crippen LogP contribution is 2.48. The maximum atomic E-state index is 13.4. The molecule has 0 aromatic rings. The van der Waals surface area contributed by atoms with Crippen molar-refractivity contribution in [2.24, 2.45) is 23.7 Å². The number of fused-ring (bicyclic) bond motifs is 3. The third-order valence-electron chi connectivity index (χ3n) is 3.99. The van der Waals surface area contributed by atoms with Gasteiger partial charge in [-0.25, -0.2) is 4.39 Å². The molecular weight excluding hydrogens is 163 g/mol. The van der Waals surface area contributed by atoms with Gasteiger partial charge < -0.3 is 0 Å². The molecule has 0 saturated heterocycles. The fourth-order valence-electron chi connectivity index (χ4n) is 3.38. The average Bonchev–Trinajstić information content (AvgIpc) is 2.05. The van der Waals surface area contributed by atoms with Crippen molar-refractivity contribution in [2.75, 3.05) is 0 Å². The molecule has 3 aliphatic rings. The van der Waals surface area contributed by atoms with Gasteiger partial charge in [-0.05, 0) is 55.8 Å². The molecule has 4 atom stereocenters. The Balaban J connectivity index is 1.94. The zero-order chi connectivity index (χ0) is 9.42. The number of halogens is 1. The molecule has 0 aromatic heterocycles. The predicted molar refractivity (Wildman–Crippen MR) is 53.3 cm³/mol. The lowest BCUT2D eigenvalue weighted by molar-refractivity contribution is 0.0103. The second-order valence-corrected chi connectivity index (χ2v) is 5.47. The van der Waals surface area contributed by atoms with Crippen LogP contribution in [0.25, 0.3) is 0 Å². The monoisotopic (exact) mass is 184 g/mol. The van der Waals surface area contributed by atoms with Crippen LogP contribution in [0.1, 0.15) is 46.0 Å². The van der Waals surface area contributed by atoms with E-state index in [0.29, 0.717) is 5.92 Å². The fraction of sp³-hybridized carbons (Fsp3) is 1.00. The Morgan fingerprint density at radius 3 is 2.31 bits per heavy atom. The summed E-state index contributed by atoms with van der Waals surface area (Å²) in [5, 5.41) is 0. The minimum atomic E-state index is -0.456. The van der Waals surface area contributed by atoms with Gasteiger partial charge in [0, 0.05) is 0 Å². The van der Waals surface area contributed by atoms with Crippen LogP contribution in [-0.2, 0) is 0 Å². The summed E-state index contributed by atoms with van der Waals surface area (Å²) >= 11 is 0. The predicted octanol–water partition coefficient (Wildman–Crippen LogP) is 3.81. The van der Waals surface area contributed by atoms with E-state index in [4.69, 9.17) is 0 Å². The lowest BCUT2D eigenvalue weighted by atomic mass is 9.62. The van der Waals surface area contributed by atoms with Crippen LogP contribution >= 0.6 is 0 Å². The summed E-state index contributed by atoms with van der Waals surface area (Å²) in [6.07, 6.45) is 5.41. The van der Waals surface area contributed by atoms with E-state index >= 15 is 0 Å². The summed E-state index contributed by atoms with van der Waals surface area (Å²) < 4.78 is 13.4. The van der Waals surface area contributed by atoms with Crippen LogP contribution in [0.5, 0.6) is 0 Å². The molecular formula is C12H21F. The third-order valence-corrected chi connectivity index (χ3v) is 3.99. The van der Waals surface area contributed by atoms with Crippen molar-refractivity contribution in [1.29, 1.82) is 0 Å². The SMILES string of the molecule is CC(C)CC1CC2CCC1CC2F. The van der Waals surface area contributed by atoms with E-state index in [1.165, 1.54) is 25.7 Å². The summed E-state index contributed by atoms with van der Waals surface area (Å²) in [6, 6.07) is 0. The Labute approximate surface area is 80.9 Å². The smallest absolute Gasteiger partial charge is 0.103 e. The minimum Gasteiger partial charge on any atom is -0.247 e. The van der Waals surface area contributed by atoms with Crippen molar-refractivity contribution in [3.63, 3.8) is 0 Å². The Hall–Kier alpha value is -0.0700. The van der Waals surface area contributed by atoms with Gasteiger partial charge in [0.2, 0.25) is 0 Å². The average molecular weight is 184 g/mol. The van der Waals surface area contributed by atoms with Crippen molar-refractivity contribution in [1.82, 2.24) is 0 Å². The van der Waals surface area contributed by atoms with E-state index in [9.17, 15) is 4.39 Å². The topological polar surface area (TPSA) is 0 Å². The highest BCUT2D eigenvalue weighted by molar-refractivity contribution is 4.91. The van der Waals surface area contributed by atoms with Crippen LogP contribution in [-0.4, -0.2) is 6.17 Å². The first-order valence-corrected chi connectivity index (χ1v) is 5.81. The molecule has 3 rings (SSSR count). The number of hydrogen-bond acceptors (Lipinski definition) is 0. The van der Waals surface area contributed by atoms with E-state index in [0.717, 1.165) is 24.2 Å². The second kappa shape index (κ2) is 3.59. The Morgan fingerprint density at radius 2 is 1.85 bits per heavy atom. The van der Waals surface area contributed by atoms with Crippen molar-refractivity contribution in [2.45, 2.75) is 52.1 Å². The van der Waals surface area contributed by atoms with E-state index in [1.54, 1.807) is 0 Å². The molecule has 4 unspecified atom stereocenters. The number of hydrogen-bond donors (Lipinski definition) is 0. The van der Waals surface area contributed by atoms with Gasteiger partial charge in [0.05, 0.1) is 0 Å². The minimum absolute atomic E-state index is 0.425. The normalized spacial score (nSPS) is 44.3. The first-order valence-electron chi connectivity index (χ1n) is 5.81. The maximum Gasteiger partial charge on any atom is 0.103 e. The highest BCUT2D eigenvalue weighted by Gasteiger charge is 2.41. The van der Waals surface area contributed by atoms with Crippen LogP contribution in [0.2, 0.25) is 0 Å². The van der Waals surface area contributed by atoms with Crippen molar-refractivity contribution >= 4 is 0 Å². The fourth-order valence-corrected chi connectivity index (χ4v) is 3.38. The molecule has 0 aliphatic heterocycles. The molecule has 13 heavy (non-hydrogen) atoms. The molecule has 3 fully saturated rings. The number of rotatable bonds is 2. The molecule has 76 valence electrons. The highest BCUT2D eigenvalue weighted by atomic mass is 19.1. The zero-order valence-electron chi connectivity index (χ0n) is 8.80. The third kappa shape index (κ3) is 1.89. The molecule has 1 heteroatoms. The summed E-state index contributed by atoms with van der Waals surface area (Å²) in [4.78, 5) is 0. The van der Waals surface area contributed by atoms with Gasteiger partial charge in [0.25, 0.3) is 0 Å². The van der Waals surface area contributed by atoms with Crippen LogP contribution < -0.4 is 0 Å². The summed E-state index contributed by atoms with van der Waals surface area (Å²) in [5.74, 6) is 2.80. The van der Waals surface area contributed by atoms with Gasteiger partial charge in [-0.3, -0.25) is 0 Å². The zero-order valence-corrected chi connectivity index (χ0v) is 8.80. The molecule has 0 heterocycles. The van der Waals surface area contributed by atoms with Gasteiger partial charge in [0.15, 0.2) is 0 Å². The molecule has 3 aliphatic carbocycles. The van der Waals surface area contributed by atoms with Crippen molar-refractivity contribution < 1.29 is 4.39 Å². The second-order valence-electron chi connectivity index (χ2n) is 5.47. The van der Waals surface area contributed by atoms with E-state index in [2.05, 4.69) is 13.8 Å². The van der Waals surface area contributed by atoms with Gasteiger partial charge in [-0.2, -0.15) is 0 Å². The lowest BCUT2D eigenvalue weighted by Gasteiger charge is -2.45. The lowest BCUT2D eigenvalue weighted by Crippen LogP contribution is -2.39. The van der Waals surface area contributed by atoms with E-state index < -0.39 is 6.17 Å². The first kappa shape index (κ1) is 9.48. The van der Waals surface area contributed by atoms with Crippen LogP contribution in [0.15, 0.2) is 0 Å². The molecule has 3 saturated carbocycles. The summed E-state index contributed by atoms with van der Waals surface area (Å²) in [5.41, 5.74) is 0. The number of alkyl halides is 1. The molecule has 0 amide bonds. The summed E-state index contributed by atoms with van der Waals surface area (Å²) in [6.45, 7) is 4.57. The van der Waals surface area contributed by atoms with Crippen molar-refractivity contribution in [3.8, 4) is 0 Å². The van der Waals surface area contributed by atoms with E-state index in [-0.39, 0.29) is 0 Å². The summed E-state index contributed by atoms with van der Waals surface area (Å²) in [7, 11) is 0. The molecule has 0 aromatic carbocycles. The van der Waals surface area contributed by atoms with Crippen molar-refractivity contribution in [3.05, 3.63) is 0 Å². The maximum absolute atomic E-state index is 13.4. The molecule has 2 bridgehead atoms. The van der Waals surface area contributed by atoms with Crippen LogP contribution in [0.4, 0.5) is 4.39 Å². The Kier molecular flexibility index (Phi) is 2.62.